The van der Waals surface area contributed by atoms with Crippen molar-refractivity contribution in [1.82, 2.24) is 0 Å². The summed E-state index contributed by atoms with van der Waals surface area (Å²) in [7, 11) is 0. The van der Waals surface area contributed by atoms with Crippen LogP contribution in [0.2, 0.25) is 0 Å². The van der Waals surface area contributed by atoms with Crippen LogP contribution in [-0.2, 0) is 19.7 Å². The number of hydrogen-bond acceptors (Lipinski definition) is 6. The fourth-order valence-electron chi connectivity index (χ4n) is 2.85. The van der Waals surface area contributed by atoms with Crippen LogP contribution in [0.1, 0.15) is 33.3 Å². The quantitative estimate of drug-likeness (QED) is 0.747. The van der Waals surface area contributed by atoms with Crippen molar-refractivity contribution in [3.63, 3.8) is 0 Å². The van der Waals surface area contributed by atoms with E-state index in [2.05, 4.69) is 26.1 Å². The lowest BCUT2D eigenvalue weighted by molar-refractivity contribution is -0.155. The molecule has 1 amide bonds. The maximum Gasteiger partial charge on any atom is 0.344 e. The summed E-state index contributed by atoms with van der Waals surface area (Å²) in [6.07, 6.45) is -0.977. The number of carbonyl (C=O) groups is 2. The fraction of sp³-hybridized carbons (Fsp3) is 0.364. The van der Waals surface area contributed by atoms with Gasteiger partial charge in [0.15, 0.2) is 24.2 Å². The van der Waals surface area contributed by atoms with Gasteiger partial charge >= 0.3 is 5.97 Å². The molecule has 154 valence electrons. The smallest absolute Gasteiger partial charge is 0.344 e. The summed E-state index contributed by atoms with van der Waals surface area (Å²) in [6.45, 7) is 7.57. The molecule has 0 aliphatic carbocycles. The zero-order chi connectivity index (χ0) is 21.0. The zero-order valence-electron chi connectivity index (χ0n) is 17.0. The van der Waals surface area contributed by atoms with Crippen molar-refractivity contribution in [2.45, 2.75) is 39.2 Å². The number of amides is 1. The van der Waals surface area contributed by atoms with Crippen molar-refractivity contribution in [3.05, 3.63) is 48.0 Å². The number of fused-ring (bicyclic) bond motifs is 1. The second-order valence-electron chi connectivity index (χ2n) is 7.72. The minimum Gasteiger partial charge on any atom is -0.482 e. The third kappa shape index (κ3) is 5.19. The number of benzene rings is 2. The fourth-order valence-corrected chi connectivity index (χ4v) is 2.85. The molecule has 2 aromatic carbocycles. The predicted molar refractivity (Wildman–Crippen MR) is 107 cm³/mol. The van der Waals surface area contributed by atoms with E-state index in [4.69, 9.17) is 18.9 Å². The van der Waals surface area contributed by atoms with Crippen molar-refractivity contribution in [3.8, 4) is 17.2 Å². The topological polar surface area (TPSA) is 83.1 Å². The molecule has 7 heteroatoms. The van der Waals surface area contributed by atoms with Gasteiger partial charge in [0.1, 0.15) is 5.75 Å². The number of esters is 1. The van der Waals surface area contributed by atoms with E-state index in [0.29, 0.717) is 22.9 Å². The van der Waals surface area contributed by atoms with Crippen molar-refractivity contribution in [2.75, 3.05) is 18.7 Å². The van der Waals surface area contributed by atoms with Crippen LogP contribution in [0.25, 0.3) is 0 Å². The van der Waals surface area contributed by atoms with E-state index in [1.54, 1.807) is 18.2 Å². The molecule has 0 saturated heterocycles. The highest BCUT2D eigenvalue weighted by molar-refractivity contribution is 5.95. The Balaban J connectivity index is 1.52. The molecular formula is C22H25NO6. The summed E-state index contributed by atoms with van der Waals surface area (Å²) in [6, 6.07) is 12.6. The highest BCUT2D eigenvalue weighted by Crippen LogP contribution is 2.34. The molecule has 2 aromatic rings. The Morgan fingerprint density at radius 3 is 2.59 bits per heavy atom. The Kier molecular flexibility index (Phi) is 5.96. The molecule has 1 atom stereocenters. The minimum atomic E-state index is -0.977. The maximum atomic E-state index is 12.3. The van der Waals surface area contributed by atoms with E-state index in [0.717, 1.165) is 5.56 Å². The van der Waals surface area contributed by atoms with Crippen LogP contribution < -0.4 is 19.5 Å². The van der Waals surface area contributed by atoms with Crippen molar-refractivity contribution >= 4 is 17.6 Å². The molecule has 1 heterocycles. The molecule has 1 N–H and O–H groups in total. The number of nitrogens with one attached hydrogen (secondary N) is 1. The standard InChI is InChI=1S/C22H25NO6/c1-14(21(25)23-15-9-10-18-19(11-15)28-13-27-18)29-20(24)12-26-17-8-6-5-7-16(17)22(2,3)4/h5-11,14H,12-13H2,1-4H3,(H,23,25)/t14-/m0/s1. The number of carbonyl (C=O) groups excluding carboxylic acids is 2. The molecule has 29 heavy (non-hydrogen) atoms. The molecule has 0 unspecified atom stereocenters. The Bertz CT molecular complexity index is 902. The number of hydrogen-bond donors (Lipinski definition) is 1. The minimum absolute atomic E-state index is 0.127. The van der Waals surface area contributed by atoms with E-state index in [9.17, 15) is 9.59 Å². The lowest BCUT2D eigenvalue weighted by Crippen LogP contribution is -2.31. The van der Waals surface area contributed by atoms with Gasteiger partial charge in [-0.05, 0) is 36.1 Å². The molecule has 7 nitrogen and oxygen atoms in total. The largest absolute Gasteiger partial charge is 0.482 e. The molecule has 1 aliphatic rings. The van der Waals surface area contributed by atoms with Crippen LogP contribution in [0.4, 0.5) is 5.69 Å². The van der Waals surface area contributed by atoms with Gasteiger partial charge in [0.2, 0.25) is 6.79 Å². The summed E-state index contributed by atoms with van der Waals surface area (Å²) in [5, 5.41) is 2.69. The molecular weight excluding hydrogens is 374 g/mol. The van der Waals surface area contributed by atoms with Gasteiger partial charge in [0.05, 0.1) is 0 Å². The van der Waals surface area contributed by atoms with E-state index in [1.165, 1.54) is 6.92 Å². The highest BCUT2D eigenvalue weighted by atomic mass is 16.7. The Hall–Kier alpha value is -3.22. The molecule has 0 aromatic heterocycles. The highest BCUT2D eigenvalue weighted by Gasteiger charge is 2.22. The van der Waals surface area contributed by atoms with Crippen molar-refractivity contribution < 1.29 is 28.5 Å². The molecule has 3 rings (SSSR count). The van der Waals surface area contributed by atoms with Gasteiger partial charge in [-0.2, -0.15) is 0 Å². The second-order valence-corrected chi connectivity index (χ2v) is 7.72. The number of anilines is 1. The number of para-hydroxylation sites is 1. The van der Waals surface area contributed by atoms with Gasteiger partial charge in [-0.25, -0.2) is 4.79 Å². The Morgan fingerprint density at radius 1 is 1.10 bits per heavy atom. The van der Waals surface area contributed by atoms with E-state index < -0.39 is 18.0 Å². The first kappa shape index (κ1) is 20.5. The average molecular weight is 399 g/mol. The maximum absolute atomic E-state index is 12.3. The lowest BCUT2D eigenvalue weighted by atomic mass is 9.86. The van der Waals surface area contributed by atoms with Crippen LogP contribution in [0.15, 0.2) is 42.5 Å². The van der Waals surface area contributed by atoms with Crippen molar-refractivity contribution in [1.29, 1.82) is 0 Å². The van der Waals surface area contributed by atoms with E-state index >= 15 is 0 Å². The molecule has 0 saturated carbocycles. The average Bonchev–Trinajstić information content (AvgIpc) is 3.13. The summed E-state index contributed by atoms with van der Waals surface area (Å²) >= 11 is 0. The first-order valence-electron chi connectivity index (χ1n) is 9.36. The molecule has 0 spiro atoms. The molecule has 0 fully saturated rings. The van der Waals surface area contributed by atoms with Crippen LogP contribution in [-0.4, -0.2) is 31.4 Å². The Labute approximate surface area is 169 Å². The lowest BCUT2D eigenvalue weighted by Gasteiger charge is -2.22. The van der Waals surface area contributed by atoms with Gasteiger partial charge in [0, 0.05) is 11.8 Å². The van der Waals surface area contributed by atoms with Gasteiger partial charge in [-0.15, -0.1) is 0 Å². The first-order chi connectivity index (χ1) is 13.7. The summed E-state index contributed by atoms with van der Waals surface area (Å²) in [4.78, 5) is 24.4. The van der Waals surface area contributed by atoms with E-state index in [-0.39, 0.29) is 18.8 Å². The summed E-state index contributed by atoms with van der Waals surface area (Å²) in [5.41, 5.74) is 1.39. The molecule has 0 radical (unpaired) electrons. The van der Waals surface area contributed by atoms with Gasteiger partial charge in [0.25, 0.3) is 5.91 Å². The van der Waals surface area contributed by atoms with Crippen LogP contribution in [0, 0.1) is 0 Å². The summed E-state index contributed by atoms with van der Waals surface area (Å²) < 4.78 is 21.3. The summed E-state index contributed by atoms with van der Waals surface area (Å²) in [5.74, 6) is 0.720. The predicted octanol–water partition coefficient (Wildman–Crippen LogP) is 3.66. The third-order valence-electron chi connectivity index (χ3n) is 4.36. The SMILES string of the molecule is C[C@H](OC(=O)COc1ccccc1C(C)(C)C)C(=O)Nc1ccc2c(c1)OCO2. The van der Waals surface area contributed by atoms with Gasteiger partial charge in [-0.3, -0.25) is 4.79 Å². The van der Waals surface area contributed by atoms with Crippen LogP contribution in [0.3, 0.4) is 0 Å². The normalized spacial score (nSPS) is 13.5. The van der Waals surface area contributed by atoms with Crippen molar-refractivity contribution in [2.24, 2.45) is 0 Å². The van der Waals surface area contributed by atoms with Crippen LogP contribution >= 0.6 is 0 Å². The van der Waals surface area contributed by atoms with Gasteiger partial charge in [-0.1, -0.05) is 39.0 Å². The Morgan fingerprint density at radius 2 is 1.83 bits per heavy atom. The number of ether oxygens (including phenoxy) is 4. The zero-order valence-corrected chi connectivity index (χ0v) is 17.0. The third-order valence-corrected chi connectivity index (χ3v) is 4.36. The molecule has 1 aliphatic heterocycles. The molecule has 0 bridgehead atoms. The monoisotopic (exact) mass is 399 g/mol. The van der Waals surface area contributed by atoms with E-state index in [1.807, 2.05) is 24.3 Å². The second kappa shape index (κ2) is 8.43. The number of rotatable bonds is 6. The van der Waals surface area contributed by atoms with Gasteiger partial charge < -0.3 is 24.3 Å². The first-order valence-corrected chi connectivity index (χ1v) is 9.36. The van der Waals surface area contributed by atoms with Crippen LogP contribution in [0.5, 0.6) is 17.2 Å².